The third kappa shape index (κ3) is 3.72. The second-order valence-electron chi connectivity index (χ2n) is 3.24. The molecule has 0 aliphatic carbocycles. The van der Waals surface area contributed by atoms with Gasteiger partial charge in [-0.25, -0.2) is 0 Å². The van der Waals surface area contributed by atoms with Crippen LogP contribution >= 0.6 is 0 Å². The Kier molecular flexibility index (Phi) is 5.68. The summed E-state index contributed by atoms with van der Waals surface area (Å²) >= 11 is 0. The molecule has 0 aromatic rings. The van der Waals surface area contributed by atoms with Gasteiger partial charge in [0.1, 0.15) is 0 Å². The van der Waals surface area contributed by atoms with E-state index in [1.807, 2.05) is 13.8 Å². The molecule has 1 aliphatic rings. The zero-order valence-electron chi connectivity index (χ0n) is 9.32. The number of rotatable bonds is 1. The number of carbonyl (C=O) groups is 1. The van der Waals surface area contributed by atoms with Crippen molar-refractivity contribution < 1.29 is 18.0 Å². The highest BCUT2D eigenvalue weighted by atomic mass is 19.4. The molecule has 0 radical (unpaired) electrons. The van der Waals surface area contributed by atoms with Crippen molar-refractivity contribution in [3.8, 4) is 0 Å². The van der Waals surface area contributed by atoms with Crippen molar-refractivity contribution >= 4 is 5.91 Å². The van der Waals surface area contributed by atoms with Crippen LogP contribution in [0.5, 0.6) is 0 Å². The van der Waals surface area contributed by atoms with Gasteiger partial charge >= 0.3 is 6.18 Å². The van der Waals surface area contributed by atoms with Gasteiger partial charge in [0.05, 0.1) is 5.92 Å². The first-order valence-electron chi connectivity index (χ1n) is 5.31. The van der Waals surface area contributed by atoms with Crippen LogP contribution < -0.4 is 5.32 Å². The van der Waals surface area contributed by atoms with Crippen LogP contribution in [0.2, 0.25) is 0 Å². The van der Waals surface area contributed by atoms with Crippen LogP contribution in [0.1, 0.15) is 33.6 Å². The Labute approximate surface area is 88.2 Å². The summed E-state index contributed by atoms with van der Waals surface area (Å²) in [6.07, 6.45) is -3.98. The number of amides is 1. The lowest BCUT2D eigenvalue weighted by atomic mass is 9.83. The molecule has 1 amide bonds. The summed E-state index contributed by atoms with van der Waals surface area (Å²) in [5, 5.41) is 2.45. The van der Waals surface area contributed by atoms with Crippen LogP contribution in [0.25, 0.3) is 0 Å². The van der Waals surface area contributed by atoms with Crippen molar-refractivity contribution in [1.29, 1.82) is 0 Å². The maximum atomic E-state index is 12.4. The highest BCUT2D eigenvalue weighted by Crippen LogP contribution is 2.37. The van der Waals surface area contributed by atoms with Crippen molar-refractivity contribution in [1.82, 2.24) is 5.32 Å². The SMILES string of the molecule is CC.CCC1C(=O)NCCC1C(F)(F)F. The van der Waals surface area contributed by atoms with Gasteiger partial charge in [-0.2, -0.15) is 13.2 Å². The summed E-state index contributed by atoms with van der Waals surface area (Å²) < 4.78 is 37.1. The van der Waals surface area contributed by atoms with Crippen LogP contribution in [-0.2, 0) is 4.79 Å². The molecule has 15 heavy (non-hydrogen) atoms. The van der Waals surface area contributed by atoms with Crippen molar-refractivity contribution in [2.75, 3.05) is 6.54 Å². The highest BCUT2D eigenvalue weighted by Gasteiger charge is 2.47. The summed E-state index contributed by atoms with van der Waals surface area (Å²) in [7, 11) is 0. The predicted molar refractivity (Wildman–Crippen MR) is 52.3 cm³/mol. The molecular formula is C10H18F3NO. The van der Waals surface area contributed by atoms with Crippen molar-refractivity contribution in [3.05, 3.63) is 0 Å². The number of halogens is 3. The summed E-state index contributed by atoms with van der Waals surface area (Å²) in [5.74, 6) is -2.81. The van der Waals surface area contributed by atoms with Gasteiger partial charge in [0.2, 0.25) is 5.91 Å². The minimum atomic E-state index is -4.24. The molecule has 1 saturated heterocycles. The molecule has 1 rings (SSSR count). The number of hydrogen-bond donors (Lipinski definition) is 1. The Bertz CT molecular complexity index is 203. The van der Waals surface area contributed by atoms with E-state index in [0.29, 0.717) is 0 Å². The van der Waals surface area contributed by atoms with Crippen molar-refractivity contribution in [3.63, 3.8) is 0 Å². The average molecular weight is 225 g/mol. The first-order chi connectivity index (χ1) is 6.96. The fourth-order valence-electron chi connectivity index (χ4n) is 1.73. The number of piperidine rings is 1. The molecular weight excluding hydrogens is 207 g/mol. The first kappa shape index (κ1) is 14.3. The number of alkyl halides is 3. The van der Waals surface area contributed by atoms with E-state index < -0.39 is 23.9 Å². The van der Waals surface area contributed by atoms with Crippen LogP contribution in [0, 0.1) is 11.8 Å². The lowest BCUT2D eigenvalue weighted by Crippen LogP contribution is -2.47. The van der Waals surface area contributed by atoms with Gasteiger partial charge in [0.15, 0.2) is 0 Å². The monoisotopic (exact) mass is 225 g/mol. The molecule has 5 heteroatoms. The molecule has 0 saturated carbocycles. The molecule has 1 aliphatic heterocycles. The molecule has 0 aromatic heterocycles. The average Bonchev–Trinajstić information content (AvgIpc) is 2.19. The second-order valence-corrected chi connectivity index (χ2v) is 3.24. The van der Waals surface area contributed by atoms with E-state index in [-0.39, 0.29) is 19.4 Å². The first-order valence-corrected chi connectivity index (χ1v) is 5.31. The summed E-state index contributed by atoms with van der Waals surface area (Å²) in [5.41, 5.74) is 0. The molecule has 0 bridgehead atoms. The van der Waals surface area contributed by atoms with E-state index >= 15 is 0 Å². The third-order valence-corrected chi connectivity index (χ3v) is 2.44. The lowest BCUT2D eigenvalue weighted by molar-refractivity contribution is -0.197. The zero-order chi connectivity index (χ0) is 12.1. The Hall–Kier alpha value is -0.740. The van der Waals surface area contributed by atoms with Crippen molar-refractivity contribution in [2.24, 2.45) is 11.8 Å². The second kappa shape index (κ2) is 5.98. The molecule has 2 atom stereocenters. The minimum absolute atomic E-state index is 0.00769. The van der Waals surface area contributed by atoms with E-state index in [1.54, 1.807) is 6.92 Å². The fraction of sp³-hybridized carbons (Fsp3) is 0.900. The fourth-order valence-corrected chi connectivity index (χ4v) is 1.73. The largest absolute Gasteiger partial charge is 0.392 e. The topological polar surface area (TPSA) is 29.1 Å². The summed E-state index contributed by atoms with van der Waals surface area (Å²) in [6.45, 7) is 5.74. The Morgan fingerprint density at radius 3 is 2.27 bits per heavy atom. The van der Waals surface area contributed by atoms with Gasteiger partial charge in [-0.1, -0.05) is 20.8 Å². The smallest absolute Gasteiger partial charge is 0.356 e. The van der Waals surface area contributed by atoms with E-state index in [9.17, 15) is 18.0 Å². The summed E-state index contributed by atoms with van der Waals surface area (Å²) in [6, 6.07) is 0. The minimum Gasteiger partial charge on any atom is -0.356 e. The lowest BCUT2D eigenvalue weighted by Gasteiger charge is -2.31. The van der Waals surface area contributed by atoms with E-state index in [1.165, 1.54) is 0 Å². The van der Waals surface area contributed by atoms with Gasteiger partial charge in [0.25, 0.3) is 0 Å². The summed E-state index contributed by atoms with van der Waals surface area (Å²) in [4.78, 5) is 11.1. The number of carbonyl (C=O) groups excluding carboxylic acids is 1. The molecule has 1 N–H and O–H groups in total. The standard InChI is InChI=1S/C8H12F3NO.C2H6/c1-2-5-6(8(9,10)11)3-4-12-7(5)13;1-2/h5-6H,2-4H2,1H3,(H,12,13);1-2H3. The molecule has 90 valence electrons. The van der Waals surface area contributed by atoms with Crippen LogP contribution in [0.4, 0.5) is 13.2 Å². The van der Waals surface area contributed by atoms with Gasteiger partial charge < -0.3 is 5.32 Å². The van der Waals surface area contributed by atoms with Crippen LogP contribution in [0.15, 0.2) is 0 Å². The third-order valence-electron chi connectivity index (χ3n) is 2.44. The quantitative estimate of drug-likeness (QED) is 0.730. The molecule has 0 aromatic carbocycles. The number of nitrogens with one attached hydrogen (secondary N) is 1. The maximum Gasteiger partial charge on any atom is 0.392 e. The highest BCUT2D eigenvalue weighted by molar-refractivity contribution is 5.79. The van der Waals surface area contributed by atoms with E-state index in [0.717, 1.165) is 0 Å². The molecule has 1 heterocycles. The molecule has 1 fully saturated rings. The predicted octanol–water partition coefficient (Wildman–Crippen LogP) is 2.74. The Balaban J connectivity index is 0.000000921. The molecule has 0 spiro atoms. The van der Waals surface area contributed by atoms with Gasteiger partial charge in [-0.05, 0) is 12.8 Å². The van der Waals surface area contributed by atoms with Gasteiger partial charge in [0, 0.05) is 12.5 Å². The van der Waals surface area contributed by atoms with Gasteiger partial charge in [-0.3, -0.25) is 4.79 Å². The molecule has 2 nitrogen and oxygen atoms in total. The van der Waals surface area contributed by atoms with E-state index in [4.69, 9.17) is 0 Å². The van der Waals surface area contributed by atoms with Crippen molar-refractivity contribution in [2.45, 2.75) is 39.8 Å². The molecule has 2 unspecified atom stereocenters. The van der Waals surface area contributed by atoms with Gasteiger partial charge in [-0.15, -0.1) is 0 Å². The van der Waals surface area contributed by atoms with Crippen LogP contribution in [-0.4, -0.2) is 18.6 Å². The maximum absolute atomic E-state index is 12.4. The normalized spacial score (nSPS) is 26.4. The van der Waals surface area contributed by atoms with E-state index in [2.05, 4.69) is 5.32 Å². The zero-order valence-corrected chi connectivity index (χ0v) is 9.32. The Morgan fingerprint density at radius 2 is 1.93 bits per heavy atom. The van der Waals surface area contributed by atoms with Crippen LogP contribution in [0.3, 0.4) is 0 Å². The Morgan fingerprint density at radius 1 is 1.40 bits per heavy atom. The number of hydrogen-bond acceptors (Lipinski definition) is 1.